The molecule has 1 amide bonds. The first-order valence-electron chi connectivity index (χ1n) is 11.7. The SMILES string of the molecule is CC(C)OC(=O)c1cccc(N2C(=O)C(O)=C(C(=O)c3cc4cc(Br)ccc4o3)C2c2ccc(O)cc2)c1. The number of Topliss-reactive ketones (excluding diaryl/α,β-unsaturated/α-hetero) is 1. The number of benzene rings is 3. The number of aliphatic hydroxyl groups excluding tert-OH is 1. The van der Waals surface area contributed by atoms with E-state index in [4.69, 9.17) is 9.15 Å². The van der Waals surface area contributed by atoms with Gasteiger partial charge in [-0.25, -0.2) is 4.79 Å². The van der Waals surface area contributed by atoms with Gasteiger partial charge in [0, 0.05) is 15.5 Å². The Hall–Kier alpha value is -4.37. The summed E-state index contributed by atoms with van der Waals surface area (Å²) in [5.74, 6) is -2.85. The van der Waals surface area contributed by atoms with Crippen molar-refractivity contribution in [2.24, 2.45) is 0 Å². The van der Waals surface area contributed by atoms with Gasteiger partial charge in [-0.15, -0.1) is 0 Å². The zero-order valence-electron chi connectivity index (χ0n) is 20.3. The topological polar surface area (TPSA) is 117 Å². The van der Waals surface area contributed by atoms with E-state index in [0.29, 0.717) is 16.5 Å². The number of fused-ring (bicyclic) bond motifs is 1. The molecule has 4 aromatic rings. The van der Waals surface area contributed by atoms with Crippen molar-refractivity contribution in [3.8, 4) is 5.75 Å². The molecule has 9 heteroatoms. The lowest BCUT2D eigenvalue weighted by atomic mass is 9.94. The lowest BCUT2D eigenvalue weighted by molar-refractivity contribution is -0.117. The average Bonchev–Trinajstić information content (AvgIpc) is 3.42. The molecule has 2 heterocycles. The van der Waals surface area contributed by atoms with Gasteiger partial charge in [0.15, 0.2) is 11.5 Å². The Morgan fingerprint density at radius 1 is 1.00 bits per heavy atom. The van der Waals surface area contributed by atoms with Gasteiger partial charge in [-0.1, -0.05) is 34.1 Å². The van der Waals surface area contributed by atoms with E-state index in [9.17, 15) is 24.6 Å². The number of carbonyl (C=O) groups is 3. The van der Waals surface area contributed by atoms with Crippen molar-refractivity contribution in [2.45, 2.75) is 26.0 Å². The van der Waals surface area contributed by atoms with E-state index in [1.54, 1.807) is 68.4 Å². The first kappa shape index (κ1) is 25.3. The fraction of sp³-hybridized carbons (Fsp3) is 0.138. The number of carbonyl (C=O) groups excluding carboxylic acids is 3. The van der Waals surface area contributed by atoms with Gasteiger partial charge < -0.3 is 19.4 Å². The highest BCUT2D eigenvalue weighted by Gasteiger charge is 2.45. The molecule has 0 saturated heterocycles. The third kappa shape index (κ3) is 4.56. The second kappa shape index (κ2) is 9.83. The predicted molar refractivity (Wildman–Crippen MR) is 143 cm³/mol. The van der Waals surface area contributed by atoms with Crippen molar-refractivity contribution in [1.29, 1.82) is 0 Å². The van der Waals surface area contributed by atoms with Gasteiger partial charge >= 0.3 is 5.97 Å². The summed E-state index contributed by atoms with van der Waals surface area (Å²) in [7, 11) is 0. The zero-order chi connectivity index (χ0) is 27.1. The quantitative estimate of drug-likeness (QED) is 0.206. The molecule has 0 radical (unpaired) electrons. The van der Waals surface area contributed by atoms with Crippen LogP contribution < -0.4 is 4.90 Å². The van der Waals surface area contributed by atoms with E-state index in [1.165, 1.54) is 23.1 Å². The van der Waals surface area contributed by atoms with E-state index in [2.05, 4.69) is 15.9 Å². The number of phenols is 1. The number of aliphatic hydroxyl groups is 1. The van der Waals surface area contributed by atoms with Crippen LogP contribution >= 0.6 is 15.9 Å². The number of aromatic hydroxyl groups is 1. The minimum atomic E-state index is -1.06. The maximum absolute atomic E-state index is 13.8. The van der Waals surface area contributed by atoms with Gasteiger partial charge in [-0.2, -0.15) is 0 Å². The molecule has 1 unspecified atom stereocenters. The van der Waals surface area contributed by atoms with Crippen molar-refractivity contribution in [3.63, 3.8) is 0 Å². The number of phenolic OH excluding ortho intramolecular Hbond substituents is 1. The number of anilines is 1. The fourth-order valence-electron chi connectivity index (χ4n) is 4.40. The van der Waals surface area contributed by atoms with Gasteiger partial charge in [0.05, 0.1) is 23.3 Å². The number of halogens is 1. The number of ketones is 1. The number of hydrogen-bond donors (Lipinski definition) is 2. The molecule has 1 aromatic heterocycles. The second-order valence-electron chi connectivity index (χ2n) is 9.06. The molecular weight excluding hydrogens is 554 g/mol. The van der Waals surface area contributed by atoms with E-state index < -0.39 is 29.5 Å². The van der Waals surface area contributed by atoms with Crippen molar-refractivity contribution in [2.75, 3.05) is 4.90 Å². The maximum atomic E-state index is 13.8. The van der Waals surface area contributed by atoms with Gasteiger partial charge in [-0.3, -0.25) is 14.5 Å². The van der Waals surface area contributed by atoms with Gasteiger partial charge in [0.2, 0.25) is 5.78 Å². The van der Waals surface area contributed by atoms with Crippen LogP contribution in [0.25, 0.3) is 11.0 Å². The molecule has 8 nitrogen and oxygen atoms in total. The molecule has 0 bridgehead atoms. The van der Waals surface area contributed by atoms with Crippen LogP contribution in [0.1, 0.15) is 46.4 Å². The summed E-state index contributed by atoms with van der Waals surface area (Å²) in [4.78, 5) is 41.0. The molecule has 0 saturated carbocycles. The van der Waals surface area contributed by atoms with Crippen LogP contribution in [0.3, 0.4) is 0 Å². The molecule has 0 spiro atoms. The molecule has 1 aliphatic rings. The lowest BCUT2D eigenvalue weighted by Crippen LogP contribution is -2.31. The largest absolute Gasteiger partial charge is 0.508 e. The van der Waals surface area contributed by atoms with E-state index in [-0.39, 0.29) is 34.4 Å². The van der Waals surface area contributed by atoms with Crippen LogP contribution in [0.2, 0.25) is 0 Å². The van der Waals surface area contributed by atoms with Crippen LogP contribution in [0, 0.1) is 0 Å². The number of furan rings is 1. The van der Waals surface area contributed by atoms with E-state index in [0.717, 1.165) is 4.47 Å². The average molecular weight is 576 g/mol. The first-order valence-corrected chi connectivity index (χ1v) is 12.5. The molecule has 192 valence electrons. The lowest BCUT2D eigenvalue weighted by Gasteiger charge is -2.27. The highest BCUT2D eigenvalue weighted by molar-refractivity contribution is 9.10. The van der Waals surface area contributed by atoms with Crippen LogP contribution in [-0.2, 0) is 9.53 Å². The van der Waals surface area contributed by atoms with Crippen molar-refractivity contribution < 1.29 is 33.8 Å². The fourth-order valence-corrected chi connectivity index (χ4v) is 4.78. The zero-order valence-corrected chi connectivity index (χ0v) is 21.9. The smallest absolute Gasteiger partial charge is 0.338 e. The van der Waals surface area contributed by atoms with Crippen LogP contribution in [-0.4, -0.2) is 34.0 Å². The Labute approximate surface area is 225 Å². The Morgan fingerprint density at radius 2 is 1.74 bits per heavy atom. The summed E-state index contributed by atoms with van der Waals surface area (Å²) >= 11 is 3.39. The number of amides is 1. The summed E-state index contributed by atoms with van der Waals surface area (Å²) in [6, 6.07) is 17.9. The van der Waals surface area contributed by atoms with Gasteiger partial charge in [-0.05, 0) is 74.0 Å². The number of esters is 1. The number of ether oxygens (including phenoxy) is 1. The summed E-state index contributed by atoms with van der Waals surface area (Å²) in [6.07, 6.45) is -0.344. The molecule has 1 atom stereocenters. The number of rotatable bonds is 6. The summed E-state index contributed by atoms with van der Waals surface area (Å²) in [6.45, 7) is 3.45. The minimum absolute atomic E-state index is 0.00742. The molecule has 3 aromatic carbocycles. The molecule has 2 N–H and O–H groups in total. The van der Waals surface area contributed by atoms with E-state index in [1.807, 2.05) is 0 Å². The molecule has 0 fully saturated rings. The van der Waals surface area contributed by atoms with Crippen LogP contribution in [0.4, 0.5) is 5.69 Å². The molecular formula is C29H22BrNO7. The third-order valence-electron chi connectivity index (χ3n) is 6.07. The standard InChI is InChI=1S/C29H22BrNO7/c1-15(2)37-29(36)17-4-3-5-20(13-17)31-25(16-6-9-21(32)10-7-16)24(27(34)28(31)35)26(33)23-14-18-12-19(30)8-11-22(18)38-23/h3-15,25,32,34H,1-2H3. The Balaban J connectivity index is 1.62. The Morgan fingerprint density at radius 3 is 2.45 bits per heavy atom. The second-order valence-corrected chi connectivity index (χ2v) is 9.97. The normalized spacial score (nSPS) is 15.5. The monoisotopic (exact) mass is 575 g/mol. The summed E-state index contributed by atoms with van der Waals surface area (Å²) < 4.78 is 11.8. The Bertz CT molecular complexity index is 1620. The van der Waals surface area contributed by atoms with Gasteiger partial charge in [0.25, 0.3) is 5.91 Å². The highest BCUT2D eigenvalue weighted by atomic mass is 79.9. The molecule has 0 aliphatic carbocycles. The minimum Gasteiger partial charge on any atom is -0.508 e. The summed E-state index contributed by atoms with van der Waals surface area (Å²) in [5, 5.41) is 21.5. The van der Waals surface area contributed by atoms with Crippen molar-refractivity contribution in [1.82, 2.24) is 0 Å². The van der Waals surface area contributed by atoms with E-state index >= 15 is 0 Å². The van der Waals surface area contributed by atoms with Gasteiger partial charge in [0.1, 0.15) is 11.3 Å². The third-order valence-corrected chi connectivity index (χ3v) is 6.56. The molecule has 1 aliphatic heterocycles. The van der Waals surface area contributed by atoms with Crippen LogP contribution in [0.15, 0.2) is 93.0 Å². The first-order chi connectivity index (χ1) is 18.1. The number of nitrogens with zero attached hydrogens (tertiary/aromatic N) is 1. The maximum Gasteiger partial charge on any atom is 0.338 e. The summed E-state index contributed by atoms with van der Waals surface area (Å²) in [5.41, 5.74) is 1.21. The molecule has 5 rings (SSSR count). The van der Waals surface area contributed by atoms with Crippen LogP contribution in [0.5, 0.6) is 5.75 Å². The Kier molecular flexibility index (Phi) is 6.54. The van der Waals surface area contributed by atoms with Crippen molar-refractivity contribution in [3.05, 3.63) is 105 Å². The predicted octanol–water partition coefficient (Wildman–Crippen LogP) is 6.25. The highest BCUT2D eigenvalue weighted by Crippen LogP contribution is 2.43. The molecule has 38 heavy (non-hydrogen) atoms. The van der Waals surface area contributed by atoms with Crippen molar-refractivity contribution >= 4 is 50.2 Å². The number of hydrogen-bond acceptors (Lipinski definition) is 7.